The highest BCUT2D eigenvalue weighted by molar-refractivity contribution is 9.10. The van der Waals surface area contributed by atoms with E-state index in [1.54, 1.807) is 11.3 Å². The molecule has 0 saturated carbocycles. The van der Waals surface area contributed by atoms with Gasteiger partial charge in [-0.25, -0.2) is 4.98 Å². The molecule has 0 amide bonds. The summed E-state index contributed by atoms with van der Waals surface area (Å²) in [4.78, 5) is 5.51. The molecule has 0 radical (unpaired) electrons. The van der Waals surface area contributed by atoms with Gasteiger partial charge in [0.2, 0.25) is 11.0 Å². The lowest BCUT2D eigenvalue weighted by Crippen LogP contribution is -1.89. The molecular formula is C16H12BrN5OS2. The number of hydrogen-bond donors (Lipinski definition) is 1. The molecule has 0 unspecified atom stereocenters. The Morgan fingerprint density at radius 2 is 2.08 bits per heavy atom. The average molecular weight is 434 g/mol. The van der Waals surface area contributed by atoms with Crippen LogP contribution in [0.3, 0.4) is 0 Å². The quantitative estimate of drug-likeness (QED) is 0.435. The Bertz CT molecular complexity index is 982. The van der Waals surface area contributed by atoms with Gasteiger partial charge in [-0.05, 0) is 24.4 Å². The molecule has 0 aliphatic rings. The summed E-state index contributed by atoms with van der Waals surface area (Å²) in [6, 6.07) is 11.8. The molecule has 0 aliphatic heterocycles. The summed E-state index contributed by atoms with van der Waals surface area (Å²) in [5.41, 5.74) is 0.965. The normalized spacial score (nSPS) is 12.4. The molecule has 1 atom stereocenters. The number of halogens is 1. The Balaban J connectivity index is 1.50. The Morgan fingerprint density at radius 3 is 2.88 bits per heavy atom. The topological polar surface area (TPSA) is 80.5 Å². The maximum atomic E-state index is 5.77. The van der Waals surface area contributed by atoms with Gasteiger partial charge in [-0.2, -0.15) is 0 Å². The van der Waals surface area contributed by atoms with Crippen LogP contribution in [-0.4, -0.2) is 25.4 Å². The summed E-state index contributed by atoms with van der Waals surface area (Å²) < 4.78 is 6.73. The predicted molar refractivity (Wildman–Crippen MR) is 101 cm³/mol. The summed E-state index contributed by atoms with van der Waals surface area (Å²) in [5.74, 6) is 1.81. The number of benzene rings is 1. The minimum atomic E-state index is -0.0518. The Labute approximate surface area is 160 Å². The van der Waals surface area contributed by atoms with Gasteiger partial charge in [0.15, 0.2) is 5.82 Å². The van der Waals surface area contributed by atoms with Gasteiger partial charge in [-0.15, -0.1) is 26.6 Å². The summed E-state index contributed by atoms with van der Waals surface area (Å²) >= 11 is 6.56. The molecule has 0 aliphatic carbocycles. The predicted octanol–water partition coefficient (Wildman–Crippen LogP) is 5.20. The Kier molecular flexibility index (Phi) is 4.69. The van der Waals surface area contributed by atoms with Crippen LogP contribution in [0.4, 0.5) is 0 Å². The molecular weight excluding hydrogens is 422 g/mol. The molecule has 25 heavy (non-hydrogen) atoms. The van der Waals surface area contributed by atoms with E-state index in [1.165, 1.54) is 11.8 Å². The zero-order chi connectivity index (χ0) is 17.2. The van der Waals surface area contributed by atoms with Gasteiger partial charge in [-0.1, -0.05) is 52.0 Å². The first-order valence-electron chi connectivity index (χ1n) is 7.42. The number of aromatic amines is 1. The van der Waals surface area contributed by atoms with E-state index in [0.717, 1.165) is 14.9 Å². The van der Waals surface area contributed by atoms with Crippen LogP contribution in [0, 0.1) is 0 Å². The standard InChI is InChI=1S/C16H12BrN5OS2/c1-9(14-20-21-15(23-14)12-7-4-8-24-12)25-16-18-13(19-22-16)10-5-2-3-6-11(10)17/h2-9H,1H3,(H,18,19,22)/t9-/m1/s1. The number of nitrogens with one attached hydrogen (secondary N) is 1. The minimum Gasteiger partial charge on any atom is -0.419 e. The largest absolute Gasteiger partial charge is 0.419 e. The van der Waals surface area contributed by atoms with Crippen LogP contribution < -0.4 is 0 Å². The van der Waals surface area contributed by atoms with Crippen molar-refractivity contribution in [2.24, 2.45) is 0 Å². The molecule has 4 aromatic rings. The molecule has 0 fully saturated rings. The molecule has 0 saturated heterocycles. The van der Waals surface area contributed by atoms with E-state index in [9.17, 15) is 0 Å². The van der Waals surface area contributed by atoms with Crippen LogP contribution >= 0.6 is 39.0 Å². The fourth-order valence-electron chi connectivity index (χ4n) is 2.18. The number of hydrogen-bond acceptors (Lipinski definition) is 7. The van der Waals surface area contributed by atoms with Gasteiger partial charge >= 0.3 is 0 Å². The van der Waals surface area contributed by atoms with Crippen molar-refractivity contribution in [3.63, 3.8) is 0 Å². The maximum Gasteiger partial charge on any atom is 0.257 e. The van der Waals surface area contributed by atoms with Crippen molar-refractivity contribution in [2.75, 3.05) is 0 Å². The summed E-state index contributed by atoms with van der Waals surface area (Å²) in [6.07, 6.45) is 0. The average Bonchev–Trinajstić information content (AvgIpc) is 3.36. The number of aromatic nitrogens is 5. The summed E-state index contributed by atoms with van der Waals surface area (Å²) in [6.45, 7) is 1.99. The van der Waals surface area contributed by atoms with E-state index in [0.29, 0.717) is 22.8 Å². The number of rotatable bonds is 5. The summed E-state index contributed by atoms with van der Waals surface area (Å²) in [5, 5.41) is 18.1. The second-order valence-electron chi connectivity index (χ2n) is 5.13. The van der Waals surface area contributed by atoms with E-state index in [2.05, 4.69) is 41.3 Å². The lowest BCUT2D eigenvalue weighted by Gasteiger charge is -2.02. The van der Waals surface area contributed by atoms with Crippen molar-refractivity contribution in [3.8, 4) is 22.2 Å². The first kappa shape index (κ1) is 16.5. The van der Waals surface area contributed by atoms with Gasteiger partial charge in [0.25, 0.3) is 5.89 Å². The van der Waals surface area contributed by atoms with Gasteiger partial charge in [0.05, 0.1) is 10.1 Å². The fraction of sp³-hybridized carbons (Fsp3) is 0.125. The zero-order valence-corrected chi connectivity index (χ0v) is 16.2. The van der Waals surface area contributed by atoms with Crippen molar-refractivity contribution >= 4 is 39.0 Å². The molecule has 9 heteroatoms. The first-order chi connectivity index (χ1) is 12.2. The third kappa shape index (κ3) is 3.53. The van der Waals surface area contributed by atoms with Crippen LogP contribution in [0.15, 0.2) is 55.8 Å². The Morgan fingerprint density at radius 1 is 1.20 bits per heavy atom. The number of thioether (sulfide) groups is 1. The molecule has 1 N–H and O–H groups in total. The highest BCUT2D eigenvalue weighted by Crippen LogP contribution is 2.35. The second kappa shape index (κ2) is 7.11. The highest BCUT2D eigenvalue weighted by Gasteiger charge is 2.19. The van der Waals surface area contributed by atoms with Crippen molar-refractivity contribution < 1.29 is 4.42 Å². The highest BCUT2D eigenvalue weighted by atomic mass is 79.9. The number of H-pyrrole nitrogens is 1. The Hall–Kier alpha value is -1.97. The van der Waals surface area contributed by atoms with Crippen molar-refractivity contribution in [3.05, 3.63) is 52.1 Å². The number of thiophene rings is 1. The van der Waals surface area contributed by atoms with Crippen LogP contribution in [0.5, 0.6) is 0 Å². The van der Waals surface area contributed by atoms with E-state index < -0.39 is 0 Å². The van der Waals surface area contributed by atoms with Crippen LogP contribution in [0.1, 0.15) is 18.1 Å². The number of nitrogens with zero attached hydrogens (tertiary/aromatic N) is 4. The zero-order valence-electron chi connectivity index (χ0n) is 13.0. The lowest BCUT2D eigenvalue weighted by atomic mass is 10.2. The molecule has 3 heterocycles. The molecule has 0 spiro atoms. The van der Waals surface area contributed by atoms with Crippen molar-refractivity contribution in [1.82, 2.24) is 25.4 Å². The maximum absolute atomic E-state index is 5.77. The molecule has 126 valence electrons. The van der Waals surface area contributed by atoms with Gasteiger partial charge in [-0.3, -0.25) is 5.10 Å². The first-order valence-corrected chi connectivity index (χ1v) is 9.97. The smallest absolute Gasteiger partial charge is 0.257 e. The third-order valence-electron chi connectivity index (χ3n) is 3.40. The monoisotopic (exact) mass is 433 g/mol. The molecule has 0 bridgehead atoms. The van der Waals surface area contributed by atoms with E-state index >= 15 is 0 Å². The van der Waals surface area contributed by atoms with E-state index in [4.69, 9.17) is 4.42 Å². The molecule has 3 aromatic heterocycles. The van der Waals surface area contributed by atoms with Crippen LogP contribution in [0.2, 0.25) is 0 Å². The SMILES string of the molecule is C[C@@H](Sc1n[nH]c(-c2ccccc2Br)n1)c1nnc(-c2cccs2)o1. The summed E-state index contributed by atoms with van der Waals surface area (Å²) in [7, 11) is 0. The van der Waals surface area contributed by atoms with Gasteiger partial charge < -0.3 is 4.42 Å². The fourth-order valence-corrected chi connectivity index (χ4v) is 4.05. The van der Waals surface area contributed by atoms with Crippen molar-refractivity contribution in [1.29, 1.82) is 0 Å². The van der Waals surface area contributed by atoms with Crippen LogP contribution in [0.25, 0.3) is 22.2 Å². The van der Waals surface area contributed by atoms with E-state index in [1.807, 2.05) is 48.7 Å². The molecule has 6 nitrogen and oxygen atoms in total. The molecule has 1 aromatic carbocycles. The third-order valence-corrected chi connectivity index (χ3v) is 5.89. The van der Waals surface area contributed by atoms with E-state index in [-0.39, 0.29) is 5.25 Å². The second-order valence-corrected chi connectivity index (χ2v) is 8.24. The van der Waals surface area contributed by atoms with Gasteiger partial charge in [0, 0.05) is 10.0 Å². The molecule has 4 rings (SSSR count). The van der Waals surface area contributed by atoms with Gasteiger partial charge in [0.1, 0.15) is 0 Å². The lowest BCUT2D eigenvalue weighted by molar-refractivity contribution is 0.510. The van der Waals surface area contributed by atoms with Crippen LogP contribution in [-0.2, 0) is 0 Å². The minimum absolute atomic E-state index is 0.0518. The van der Waals surface area contributed by atoms with Crippen molar-refractivity contribution in [2.45, 2.75) is 17.3 Å².